The van der Waals surface area contributed by atoms with E-state index < -0.39 is 66.9 Å². The molecule has 2 rings (SSSR count). The van der Waals surface area contributed by atoms with Crippen LogP contribution in [-0.2, 0) is 9.47 Å². The topological polar surface area (TPSA) is 198 Å². The Kier molecular flexibility index (Phi) is 6.61. The summed E-state index contributed by atoms with van der Waals surface area (Å²) in [6.45, 7) is -0.541. The molecule has 0 amide bonds. The highest BCUT2D eigenvalue weighted by Gasteiger charge is 2.48. The summed E-state index contributed by atoms with van der Waals surface area (Å²) in [6.07, 6.45) is -8.14. The molecule has 0 bridgehead atoms. The van der Waals surface area contributed by atoms with E-state index in [1.165, 1.54) is 0 Å². The summed E-state index contributed by atoms with van der Waals surface area (Å²) in [6, 6.07) is -1.75. The van der Waals surface area contributed by atoms with E-state index in [-0.39, 0.29) is 0 Å². The fraction of sp³-hybridized carbons (Fsp3) is 1.00. The minimum absolute atomic E-state index is 0.306. The van der Waals surface area contributed by atoms with Crippen molar-refractivity contribution in [2.75, 3.05) is 6.61 Å². The molecular formula is C12H25N3O7S. The van der Waals surface area contributed by atoms with Crippen LogP contribution >= 0.6 is 11.9 Å². The maximum absolute atomic E-state index is 10.2. The zero-order chi connectivity index (χ0) is 17.3. The number of hydrogen-bond acceptors (Lipinski definition) is 11. The summed E-state index contributed by atoms with van der Waals surface area (Å²) in [4.78, 5) is 0. The molecular weight excluding hydrogens is 330 g/mol. The maximum atomic E-state index is 10.2. The number of nitrogens with two attached hydrogens (primary N) is 3. The Balaban J connectivity index is 2.11. The van der Waals surface area contributed by atoms with E-state index in [0.29, 0.717) is 6.42 Å². The molecule has 2 fully saturated rings. The number of rotatable bonds is 4. The molecule has 10 atom stereocenters. The average Bonchev–Trinajstić information content (AvgIpc) is 2.55. The molecule has 1 saturated carbocycles. The Bertz CT molecular complexity index is 392. The third kappa shape index (κ3) is 3.80. The van der Waals surface area contributed by atoms with Crippen LogP contribution in [0.1, 0.15) is 6.42 Å². The first-order valence-electron chi connectivity index (χ1n) is 7.32. The third-order valence-electron chi connectivity index (χ3n) is 4.39. The highest BCUT2D eigenvalue weighted by molar-refractivity contribution is 7.97. The molecule has 0 aromatic carbocycles. The average molecular weight is 355 g/mol. The number of ether oxygens (including phenoxy) is 2. The van der Waals surface area contributed by atoms with Gasteiger partial charge in [-0.2, -0.15) is 0 Å². The van der Waals surface area contributed by atoms with Gasteiger partial charge in [0.15, 0.2) is 6.29 Å². The first kappa shape index (κ1) is 19.3. The third-order valence-corrected chi connectivity index (χ3v) is 5.20. The minimum atomic E-state index is -1.37. The van der Waals surface area contributed by atoms with Gasteiger partial charge in [0.05, 0.1) is 18.8 Å². The second-order valence-electron chi connectivity index (χ2n) is 5.94. The Hall–Kier alpha value is -0.0500. The number of aliphatic hydroxyl groups excluding tert-OH is 5. The lowest BCUT2D eigenvalue weighted by Crippen LogP contribution is -2.65. The largest absolute Gasteiger partial charge is 0.394 e. The molecule has 1 saturated heterocycles. The van der Waals surface area contributed by atoms with Gasteiger partial charge in [0.2, 0.25) is 0 Å². The van der Waals surface area contributed by atoms with Crippen LogP contribution in [0.4, 0.5) is 0 Å². The van der Waals surface area contributed by atoms with Crippen molar-refractivity contribution in [3.8, 4) is 0 Å². The molecule has 2 aliphatic rings. The van der Waals surface area contributed by atoms with Crippen LogP contribution in [0.2, 0.25) is 0 Å². The summed E-state index contributed by atoms with van der Waals surface area (Å²) in [5, 5.41) is 54.1. The van der Waals surface area contributed by atoms with Crippen molar-refractivity contribution in [2.45, 2.75) is 66.7 Å². The smallest absolute Gasteiger partial charge is 0.176 e. The van der Waals surface area contributed by atoms with Gasteiger partial charge in [-0.05, 0) is 6.42 Å². The van der Waals surface area contributed by atoms with Gasteiger partial charge < -0.3 is 46.5 Å². The first-order chi connectivity index (χ1) is 10.8. The predicted octanol–water partition coefficient (Wildman–Crippen LogP) is -4.43. The standard InChI is InChI=1S/C12H25N3O7S/c13-3-1-5(23-15)11(10(20)7(3)17)22-12-6(14)9(19)8(18)4(2-16)21-12/h3-12,16-20H,1-2,13-15H2. The van der Waals surface area contributed by atoms with Gasteiger partial charge in [0.1, 0.15) is 30.5 Å². The van der Waals surface area contributed by atoms with Gasteiger partial charge in [-0.1, -0.05) is 11.9 Å². The van der Waals surface area contributed by atoms with Crippen molar-refractivity contribution in [2.24, 2.45) is 16.6 Å². The molecule has 11 N–H and O–H groups in total. The van der Waals surface area contributed by atoms with Crippen molar-refractivity contribution in [3.63, 3.8) is 0 Å². The summed E-state index contributed by atoms with van der Waals surface area (Å²) in [5.74, 6) is 0. The Morgan fingerprint density at radius 1 is 1.04 bits per heavy atom. The molecule has 11 heteroatoms. The fourth-order valence-electron chi connectivity index (χ4n) is 2.89. The van der Waals surface area contributed by atoms with Gasteiger partial charge in [-0.25, -0.2) is 0 Å². The van der Waals surface area contributed by atoms with Crippen LogP contribution < -0.4 is 16.6 Å². The van der Waals surface area contributed by atoms with E-state index in [1.807, 2.05) is 0 Å². The quantitative estimate of drug-likeness (QED) is 0.226. The molecule has 0 aromatic heterocycles. The van der Waals surface area contributed by atoms with Crippen molar-refractivity contribution in [1.82, 2.24) is 0 Å². The molecule has 136 valence electrons. The van der Waals surface area contributed by atoms with Gasteiger partial charge in [-0.15, -0.1) is 0 Å². The maximum Gasteiger partial charge on any atom is 0.176 e. The van der Waals surface area contributed by atoms with Crippen molar-refractivity contribution in [1.29, 1.82) is 0 Å². The molecule has 1 heterocycles. The van der Waals surface area contributed by atoms with Crippen molar-refractivity contribution in [3.05, 3.63) is 0 Å². The summed E-state index contributed by atoms with van der Waals surface area (Å²) < 4.78 is 11.0. The van der Waals surface area contributed by atoms with Crippen molar-refractivity contribution >= 4 is 11.9 Å². The molecule has 0 radical (unpaired) electrons. The minimum Gasteiger partial charge on any atom is -0.394 e. The summed E-state index contributed by atoms with van der Waals surface area (Å²) in [7, 11) is 0. The van der Waals surface area contributed by atoms with Crippen LogP contribution in [0.25, 0.3) is 0 Å². The van der Waals surface area contributed by atoms with E-state index in [1.54, 1.807) is 0 Å². The second kappa shape index (κ2) is 7.89. The van der Waals surface area contributed by atoms with E-state index >= 15 is 0 Å². The molecule has 10 nitrogen and oxygen atoms in total. The van der Waals surface area contributed by atoms with Crippen molar-refractivity contribution < 1.29 is 35.0 Å². The number of hydrogen-bond donors (Lipinski definition) is 8. The van der Waals surface area contributed by atoms with Crippen LogP contribution in [0, 0.1) is 0 Å². The normalized spacial score (nSPS) is 51.7. The predicted molar refractivity (Wildman–Crippen MR) is 80.8 cm³/mol. The zero-order valence-electron chi connectivity index (χ0n) is 12.4. The molecule has 0 spiro atoms. The Labute approximate surface area is 137 Å². The highest BCUT2D eigenvalue weighted by atomic mass is 32.2. The van der Waals surface area contributed by atoms with Crippen LogP contribution in [-0.4, -0.2) is 92.4 Å². The van der Waals surface area contributed by atoms with Crippen LogP contribution in [0.15, 0.2) is 0 Å². The molecule has 10 unspecified atom stereocenters. The van der Waals surface area contributed by atoms with Crippen LogP contribution in [0.5, 0.6) is 0 Å². The molecule has 23 heavy (non-hydrogen) atoms. The highest BCUT2D eigenvalue weighted by Crippen LogP contribution is 2.31. The molecule has 1 aliphatic carbocycles. The van der Waals surface area contributed by atoms with Gasteiger partial charge in [-0.3, -0.25) is 5.14 Å². The summed E-state index contributed by atoms with van der Waals surface area (Å²) >= 11 is 0.927. The van der Waals surface area contributed by atoms with Gasteiger partial charge in [0, 0.05) is 11.3 Å². The Morgan fingerprint density at radius 3 is 2.26 bits per heavy atom. The first-order valence-corrected chi connectivity index (χ1v) is 8.26. The van der Waals surface area contributed by atoms with Gasteiger partial charge in [0.25, 0.3) is 0 Å². The fourth-order valence-corrected chi connectivity index (χ4v) is 3.60. The lowest BCUT2D eigenvalue weighted by atomic mass is 9.87. The molecule has 0 aromatic rings. The van der Waals surface area contributed by atoms with Gasteiger partial charge >= 0.3 is 0 Å². The zero-order valence-corrected chi connectivity index (χ0v) is 13.2. The second-order valence-corrected chi connectivity index (χ2v) is 6.82. The summed E-state index contributed by atoms with van der Waals surface area (Å²) in [5.41, 5.74) is 11.5. The SMILES string of the molecule is NSC1CC(N)C(O)C(O)C1OC1OC(CO)C(O)C(O)C1N. The lowest BCUT2D eigenvalue weighted by Gasteiger charge is -2.45. The monoisotopic (exact) mass is 355 g/mol. The van der Waals surface area contributed by atoms with Crippen LogP contribution in [0.3, 0.4) is 0 Å². The van der Waals surface area contributed by atoms with E-state index in [9.17, 15) is 25.5 Å². The van der Waals surface area contributed by atoms with E-state index in [4.69, 9.17) is 26.1 Å². The van der Waals surface area contributed by atoms with E-state index in [2.05, 4.69) is 0 Å². The van der Waals surface area contributed by atoms with E-state index in [0.717, 1.165) is 11.9 Å². The lowest BCUT2D eigenvalue weighted by molar-refractivity contribution is -0.291. The number of aliphatic hydroxyl groups is 5. The molecule has 1 aliphatic heterocycles. The Morgan fingerprint density at radius 2 is 1.70 bits per heavy atom.